The molecule has 3 amide bonds. The second kappa shape index (κ2) is 9.94. The van der Waals surface area contributed by atoms with Gasteiger partial charge in [-0.15, -0.1) is 11.3 Å². The van der Waals surface area contributed by atoms with Crippen molar-refractivity contribution in [2.75, 3.05) is 26.2 Å². The third kappa shape index (κ3) is 4.88. The van der Waals surface area contributed by atoms with Crippen molar-refractivity contribution in [3.8, 4) is 0 Å². The molecular weight excluding hydrogens is 398 g/mol. The Bertz CT molecular complexity index is 731. The number of nitrogens with one attached hydrogen (secondary N) is 1. The number of thiophene rings is 1. The number of likely N-dealkylation sites (tertiary alicyclic amines) is 2. The highest BCUT2D eigenvalue weighted by Crippen LogP contribution is 2.30. The summed E-state index contributed by atoms with van der Waals surface area (Å²) < 4.78 is 0. The van der Waals surface area contributed by atoms with Gasteiger partial charge < -0.3 is 15.1 Å². The first-order chi connectivity index (χ1) is 14.6. The highest BCUT2D eigenvalue weighted by molar-refractivity contribution is 7.12. The molecule has 2 saturated heterocycles. The number of piperidine rings is 2. The van der Waals surface area contributed by atoms with Crippen molar-refractivity contribution in [2.24, 2.45) is 11.8 Å². The molecule has 6 nitrogen and oxygen atoms in total. The minimum Gasteiger partial charge on any atom is -0.342 e. The summed E-state index contributed by atoms with van der Waals surface area (Å²) in [4.78, 5) is 43.5. The maximum atomic E-state index is 13.4. The van der Waals surface area contributed by atoms with Crippen LogP contribution in [0.5, 0.6) is 0 Å². The summed E-state index contributed by atoms with van der Waals surface area (Å²) in [6.45, 7) is 2.95. The molecule has 3 aliphatic rings. The molecule has 2 aliphatic heterocycles. The molecule has 0 spiro atoms. The summed E-state index contributed by atoms with van der Waals surface area (Å²) in [5.74, 6) is 0.472. The maximum Gasteiger partial charge on any atom is 0.262 e. The predicted molar refractivity (Wildman–Crippen MR) is 117 cm³/mol. The van der Waals surface area contributed by atoms with E-state index in [0.717, 1.165) is 70.9 Å². The van der Waals surface area contributed by atoms with Crippen molar-refractivity contribution in [2.45, 2.75) is 63.8 Å². The zero-order valence-electron chi connectivity index (χ0n) is 17.7. The average molecular weight is 432 g/mol. The van der Waals surface area contributed by atoms with E-state index in [9.17, 15) is 14.4 Å². The van der Waals surface area contributed by atoms with E-state index in [1.54, 1.807) is 6.07 Å². The van der Waals surface area contributed by atoms with Crippen LogP contribution in [0, 0.1) is 11.8 Å². The minimum atomic E-state index is -0.499. The van der Waals surface area contributed by atoms with Crippen LogP contribution in [0.1, 0.15) is 67.5 Å². The van der Waals surface area contributed by atoms with E-state index >= 15 is 0 Å². The monoisotopic (exact) mass is 431 g/mol. The molecule has 1 aromatic rings. The van der Waals surface area contributed by atoms with Gasteiger partial charge in [-0.05, 0) is 62.3 Å². The van der Waals surface area contributed by atoms with E-state index in [0.29, 0.717) is 23.9 Å². The Morgan fingerprint density at radius 3 is 2.23 bits per heavy atom. The number of hydrogen-bond donors (Lipinski definition) is 1. The Labute approximate surface area is 183 Å². The number of rotatable bonds is 5. The third-order valence-corrected chi connectivity index (χ3v) is 7.86. The van der Waals surface area contributed by atoms with E-state index in [1.807, 2.05) is 21.2 Å². The lowest BCUT2D eigenvalue weighted by Crippen LogP contribution is -2.55. The molecule has 7 heteroatoms. The zero-order chi connectivity index (χ0) is 20.9. The summed E-state index contributed by atoms with van der Waals surface area (Å²) in [5, 5.41) is 4.94. The van der Waals surface area contributed by atoms with Crippen LogP contribution in [0.3, 0.4) is 0 Å². The van der Waals surface area contributed by atoms with Gasteiger partial charge in [0.05, 0.1) is 4.88 Å². The highest BCUT2D eigenvalue weighted by atomic mass is 32.1. The molecule has 3 heterocycles. The van der Waals surface area contributed by atoms with Crippen LogP contribution in [-0.2, 0) is 9.59 Å². The van der Waals surface area contributed by atoms with Crippen molar-refractivity contribution < 1.29 is 14.4 Å². The fourth-order valence-electron chi connectivity index (χ4n) is 5.20. The van der Waals surface area contributed by atoms with Gasteiger partial charge in [-0.2, -0.15) is 0 Å². The average Bonchev–Trinajstić information content (AvgIpc) is 3.52. The molecule has 3 fully saturated rings. The molecule has 30 heavy (non-hydrogen) atoms. The van der Waals surface area contributed by atoms with Gasteiger partial charge in [0.15, 0.2) is 0 Å². The molecule has 1 aromatic heterocycles. The number of amides is 3. The van der Waals surface area contributed by atoms with Crippen LogP contribution in [0.4, 0.5) is 0 Å². The predicted octanol–water partition coefficient (Wildman–Crippen LogP) is 3.29. The van der Waals surface area contributed by atoms with Crippen molar-refractivity contribution in [1.29, 1.82) is 0 Å². The molecule has 4 rings (SSSR count). The van der Waals surface area contributed by atoms with Gasteiger partial charge in [-0.25, -0.2) is 0 Å². The molecule has 1 aliphatic carbocycles. The maximum absolute atomic E-state index is 13.4. The van der Waals surface area contributed by atoms with E-state index in [-0.39, 0.29) is 23.7 Å². The minimum absolute atomic E-state index is 0.0557. The SMILES string of the molecule is O=C(NC(C(=O)N1CCCCC1)C1CCN(C(=O)C2CCCC2)CC1)c1cccs1. The van der Waals surface area contributed by atoms with E-state index in [1.165, 1.54) is 11.3 Å². The van der Waals surface area contributed by atoms with Crippen LogP contribution in [0.25, 0.3) is 0 Å². The highest BCUT2D eigenvalue weighted by Gasteiger charge is 2.37. The second-order valence-electron chi connectivity index (χ2n) is 8.96. The van der Waals surface area contributed by atoms with Crippen LogP contribution < -0.4 is 5.32 Å². The molecule has 0 aromatic carbocycles. The van der Waals surface area contributed by atoms with Gasteiger partial charge >= 0.3 is 0 Å². The van der Waals surface area contributed by atoms with Gasteiger partial charge in [0.25, 0.3) is 5.91 Å². The Balaban J connectivity index is 1.41. The van der Waals surface area contributed by atoms with Crippen LogP contribution in [0.2, 0.25) is 0 Å². The number of nitrogens with zero attached hydrogens (tertiary/aromatic N) is 2. The molecule has 1 atom stereocenters. The van der Waals surface area contributed by atoms with Gasteiger partial charge in [0.2, 0.25) is 11.8 Å². The van der Waals surface area contributed by atoms with Gasteiger partial charge in [0, 0.05) is 32.1 Å². The van der Waals surface area contributed by atoms with Crippen molar-refractivity contribution in [1.82, 2.24) is 15.1 Å². The quantitative estimate of drug-likeness (QED) is 0.778. The molecular formula is C23H33N3O3S. The van der Waals surface area contributed by atoms with E-state index < -0.39 is 6.04 Å². The van der Waals surface area contributed by atoms with Crippen molar-refractivity contribution >= 4 is 29.1 Å². The lowest BCUT2D eigenvalue weighted by Gasteiger charge is -2.39. The first-order valence-corrected chi connectivity index (χ1v) is 12.4. The first kappa shape index (κ1) is 21.3. The number of carbonyl (C=O) groups is 3. The summed E-state index contributed by atoms with van der Waals surface area (Å²) in [6.07, 6.45) is 9.13. The Hall–Kier alpha value is -1.89. The fraction of sp³-hybridized carbons (Fsp3) is 0.696. The van der Waals surface area contributed by atoms with E-state index in [2.05, 4.69) is 5.32 Å². The number of carbonyl (C=O) groups excluding carboxylic acids is 3. The lowest BCUT2D eigenvalue weighted by molar-refractivity contribution is -0.138. The van der Waals surface area contributed by atoms with Crippen LogP contribution >= 0.6 is 11.3 Å². The second-order valence-corrected chi connectivity index (χ2v) is 9.91. The summed E-state index contributed by atoms with van der Waals surface area (Å²) in [6, 6.07) is 3.15. The fourth-order valence-corrected chi connectivity index (χ4v) is 5.82. The van der Waals surface area contributed by atoms with E-state index in [4.69, 9.17) is 0 Å². The largest absolute Gasteiger partial charge is 0.342 e. The van der Waals surface area contributed by atoms with Crippen LogP contribution in [0.15, 0.2) is 17.5 Å². The smallest absolute Gasteiger partial charge is 0.262 e. The normalized spacial score (nSPS) is 22.1. The Kier molecular flexibility index (Phi) is 7.08. The Morgan fingerprint density at radius 2 is 1.60 bits per heavy atom. The van der Waals surface area contributed by atoms with Gasteiger partial charge in [0.1, 0.15) is 6.04 Å². The van der Waals surface area contributed by atoms with Crippen molar-refractivity contribution in [3.63, 3.8) is 0 Å². The molecule has 0 radical (unpaired) electrons. The lowest BCUT2D eigenvalue weighted by atomic mass is 9.87. The summed E-state index contributed by atoms with van der Waals surface area (Å²) in [5.41, 5.74) is 0. The zero-order valence-corrected chi connectivity index (χ0v) is 18.5. The molecule has 1 unspecified atom stereocenters. The molecule has 0 bridgehead atoms. The third-order valence-electron chi connectivity index (χ3n) is 6.99. The standard InChI is InChI=1S/C23H33N3O3S/c27-21(19-9-6-16-30-19)24-20(23(29)25-12-4-1-5-13-25)17-10-14-26(15-11-17)22(28)18-7-2-3-8-18/h6,9,16-18,20H,1-5,7-8,10-15H2,(H,24,27). The summed E-state index contributed by atoms with van der Waals surface area (Å²) >= 11 is 1.40. The Morgan fingerprint density at radius 1 is 0.900 bits per heavy atom. The number of hydrogen-bond acceptors (Lipinski definition) is 4. The molecule has 164 valence electrons. The summed E-state index contributed by atoms with van der Waals surface area (Å²) in [7, 11) is 0. The van der Waals surface area contributed by atoms with Crippen molar-refractivity contribution in [3.05, 3.63) is 22.4 Å². The van der Waals surface area contributed by atoms with Crippen LogP contribution in [-0.4, -0.2) is 59.7 Å². The van der Waals surface area contributed by atoms with Gasteiger partial charge in [-0.3, -0.25) is 14.4 Å². The topological polar surface area (TPSA) is 69.7 Å². The van der Waals surface area contributed by atoms with Gasteiger partial charge in [-0.1, -0.05) is 18.9 Å². The molecule has 1 saturated carbocycles. The first-order valence-electron chi connectivity index (χ1n) is 11.6. The molecule has 1 N–H and O–H groups in total.